The van der Waals surface area contributed by atoms with E-state index in [4.69, 9.17) is 9.47 Å². The van der Waals surface area contributed by atoms with Crippen molar-refractivity contribution in [2.24, 2.45) is 0 Å². The zero-order chi connectivity index (χ0) is 16.5. The van der Waals surface area contributed by atoms with Gasteiger partial charge in [0, 0.05) is 23.2 Å². The molecule has 4 rings (SSSR count). The van der Waals surface area contributed by atoms with Crippen LogP contribution in [0.5, 0.6) is 11.5 Å². The molecule has 0 unspecified atom stereocenters. The number of anilines is 1. The summed E-state index contributed by atoms with van der Waals surface area (Å²) in [6, 6.07) is 13.1. The normalized spacial score (nSPS) is 22.1. The molecule has 2 N–H and O–H groups in total. The molecule has 1 fully saturated rings. The van der Waals surface area contributed by atoms with Crippen LogP contribution in [-0.2, 0) is 0 Å². The third-order valence-corrected chi connectivity index (χ3v) is 5.26. The maximum atomic E-state index is 5.63. The minimum absolute atomic E-state index is 0.521. The van der Waals surface area contributed by atoms with Crippen LogP contribution in [-0.4, -0.2) is 33.4 Å². The van der Waals surface area contributed by atoms with Gasteiger partial charge >= 0.3 is 0 Å². The van der Waals surface area contributed by atoms with Gasteiger partial charge in [-0.25, -0.2) is 0 Å². The average Bonchev–Trinajstić information content (AvgIpc) is 2.82. The Bertz CT molecular complexity index is 744. The lowest BCUT2D eigenvalue weighted by Crippen LogP contribution is -2.21. The van der Waals surface area contributed by atoms with E-state index in [2.05, 4.69) is 34.9 Å². The molecule has 126 valence electrons. The van der Waals surface area contributed by atoms with Gasteiger partial charge in [0.1, 0.15) is 11.5 Å². The Morgan fingerprint density at radius 1 is 0.958 bits per heavy atom. The summed E-state index contributed by atoms with van der Waals surface area (Å²) in [6.07, 6.45) is 2.32. The summed E-state index contributed by atoms with van der Waals surface area (Å²) in [7, 11) is 3.43. The highest BCUT2D eigenvalue weighted by molar-refractivity contribution is 5.81. The predicted molar refractivity (Wildman–Crippen MR) is 97.2 cm³/mol. The van der Waals surface area contributed by atoms with Crippen molar-refractivity contribution in [3.8, 4) is 22.6 Å². The van der Waals surface area contributed by atoms with Crippen LogP contribution in [0.4, 0.5) is 5.69 Å². The summed E-state index contributed by atoms with van der Waals surface area (Å²) < 4.78 is 11.1. The second-order valence-corrected chi connectivity index (χ2v) is 6.52. The lowest BCUT2D eigenvalue weighted by Gasteiger charge is -2.19. The van der Waals surface area contributed by atoms with Gasteiger partial charge in [0.15, 0.2) is 0 Å². The van der Waals surface area contributed by atoms with Crippen molar-refractivity contribution in [1.82, 2.24) is 5.32 Å². The van der Waals surface area contributed by atoms with Crippen LogP contribution in [0.25, 0.3) is 11.1 Å². The van der Waals surface area contributed by atoms with Gasteiger partial charge in [-0.2, -0.15) is 0 Å². The second-order valence-electron chi connectivity index (χ2n) is 6.52. The van der Waals surface area contributed by atoms with Crippen LogP contribution in [0.2, 0.25) is 0 Å². The summed E-state index contributed by atoms with van der Waals surface area (Å²) in [6.45, 7) is 2.16. The van der Waals surface area contributed by atoms with E-state index in [1.807, 2.05) is 12.1 Å². The first-order valence-electron chi connectivity index (χ1n) is 8.64. The lowest BCUT2D eigenvalue weighted by atomic mass is 9.85. The Morgan fingerprint density at radius 3 is 2.67 bits per heavy atom. The van der Waals surface area contributed by atoms with E-state index in [1.54, 1.807) is 14.2 Å². The van der Waals surface area contributed by atoms with Gasteiger partial charge in [0.05, 0.1) is 14.2 Å². The molecule has 0 saturated carbocycles. The standard InChI is InChI=1S/C20H24N2O2/c1-23-13-6-7-19(24-2)16(12-13)14-4-3-5-18-20(14)15-8-10-21-11-9-17(15)22-18/h3-7,12,15,17,21-22H,8-11H2,1-2H3/t15-,17+/m1/s1. The Kier molecular flexibility index (Phi) is 4.07. The average molecular weight is 324 g/mol. The third kappa shape index (κ3) is 2.51. The third-order valence-electron chi connectivity index (χ3n) is 5.26. The van der Waals surface area contributed by atoms with E-state index < -0.39 is 0 Å². The Morgan fingerprint density at radius 2 is 1.83 bits per heavy atom. The van der Waals surface area contributed by atoms with Gasteiger partial charge in [-0.3, -0.25) is 0 Å². The smallest absolute Gasteiger partial charge is 0.126 e. The van der Waals surface area contributed by atoms with Crippen LogP contribution in [0.3, 0.4) is 0 Å². The molecule has 0 amide bonds. The summed E-state index contributed by atoms with van der Waals surface area (Å²) in [5.74, 6) is 2.29. The molecule has 2 heterocycles. The highest BCUT2D eigenvalue weighted by Crippen LogP contribution is 2.47. The first-order chi connectivity index (χ1) is 11.8. The number of nitrogens with one attached hydrogen (secondary N) is 2. The van der Waals surface area contributed by atoms with Gasteiger partial charge in [-0.05, 0) is 61.3 Å². The molecule has 4 heteroatoms. The van der Waals surface area contributed by atoms with Crippen LogP contribution in [0.15, 0.2) is 36.4 Å². The van der Waals surface area contributed by atoms with Gasteiger partial charge in [0.2, 0.25) is 0 Å². The van der Waals surface area contributed by atoms with Crippen molar-refractivity contribution in [2.75, 3.05) is 32.6 Å². The second kappa shape index (κ2) is 6.36. The zero-order valence-electron chi connectivity index (χ0n) is 14.3. The van der Waals surface area contributed by atoms with Gasteiger partial charge in [-0.15, -0.1) is 0 Å². The number of fused-ring (bicyclic) bond motifs is 3. The molecular formula is C20H24N2O2. The van der Waals surface area contributed by atoms with Crippen LogP contribution >= 0.6 is 0 Å². The fourth-order valence-electron chi connectivity index (χ4n) is 4.11. The quantitative estimate of drug-likeness (QED) is 0.905. The first-order valence-corrected chi connectivity index (χ1v) is 8.64. The van der Waals surface area contributed by atoms with Crippen molar-refractivity contribution in [3.63, 3.8) is 0 Å². The number of benzene rings is 2. The van der Waals surface area contributed by atoms with Gasteiger partial charge in [0.25, 0.3) is 0 Å². The van der Waals surface area contributed by atoms with Crippen LogP contribution < -0.4 is 20.1 Å². The number of rotatable bonds is 3. The molecule has 4 nitrogen and oxygen atoms in total. The molecule has 2 aromatic carbocycles. The van der Waals surface area contributed by atoms with Crippen molar-refractivity contribution < 1.29 is 9.47 Å². The summed E-state index contributed by atoms with van der Waals surface area (Å²) >= 11 is 0. The SMILES string of the molecule is COc1ccc(OC)c(-c2cccc3c2[C@@H]2CCNCC[C@@H]2N3)c1. The number of methoxy groups -OCH3 is 2. The van der Waals surface area contributed by atoms with Gasteiger partial charge < -0.3 is 20.1 Å². The van der Waals surface area contributed by atoms with Crippen LogP contribution in [0, 0.1) is 0 Å². The largest absolute Gasteiger partial charge is 0.497 e. The van der Waals surface area contributed by atoms with E-state index in [9.17, 15) is 0 Å². The summed E-state index contributed by atoms with van der Waals surface area (Å²) in [5.41, 5.74) is 5.06. The van der Waals surface area contributed by atoms with Crippen molar-refractivity contribution in [3.05, 3.63) is 42.0 Å². The number of hydrogen-bond acceptors (Lipinski definition) is 4. The van der Waals surface area contributed by atoms with Crippen molar-refractivity contribution >= 4 is 5.69 Å². The highest BCUT2D eigenvalue weighted by Gasteiger charge is 2.35. The molecule has 0 radical (unpaired) electrons. The molecule has 1 saturated heterocycles. The molecule has 0 spiro atoms. The molecular weight excluding hydrogens is 300 g/mol. The highest BCUT2D eigenvalue weighted by atomic mass is 16.5. The monoisotopic (exact) mass is 324 g/mol. The molecule has 2 aliphatic heterocycles. The molecule has 24 heavy (non-hydrogen) atoms. The van der Waals surface area contributed by atoms with Crippen LogP contribution in [0.1, 0.15) is 24.3 Å². The topological polar surface area (TPSA) is 42.5 Å². The fraction of sp³-hybridized carbons (Fsp3) is 0.400. The molecule has 0 aromatic heterocycles. The Labute approximate surface area is 143 Å². The molecule has 0 aliphatic carbocycles. The van der Waals surface area contributed by atoms with E-state index in [0.29, 0.717) is 12.0 Å². The molecule has 2 aliphatic rings. The van der Waals surface area contributed by atoms with Gasteiger partial charge in [-0.1, -0.05) is 12.1 Å². The predicted octanol–water partition coefficient (Wildman–Crippen LogP) is 3.63. The Hall–Kier alpha value is -2.20. The van der Waals surface area contributed by atoms with Crippen molar-refractivity contribution in [2.45, 2.75) is 24.8 Å². The van der Waals surface area contributed by atoms with Crippen molar-refractivity contribution in [1.29, 1.82) is 0 Å². The summed E-state index contributed by atoms with van der Waals surface area (Å²) in [5, 5.41) is 7.26. The van der Waals surface area contributed by atoms with E-state index in [-0.39, 0.29) is 0 Å². The van der Waals surface area contributed by atoms with E-state index in [0.717, 1.165) is 43.0 Å². The maximum absolute atomic E-state index is 5.63. The minimum atomic E-state index is 0.521. The fourth-order valence-corrected chi connectivity index (χ4v) is 4.11. The molecule has 0 bridgehead atoms. The first kappa shape index (κ1) is 15.3. The molecule has 2 atom stereocenters. The molecule has 2 aromatic rings. The number of hydrogen-bond donors (Lipinski definition) is 2. The number of ether oxygens (including phenoxy) is 2. The maximum Gasteiger partial charge on any atom is 0.126 e. The summed E-state index contributed by atoms with van der Waals surface area (Å²) in [4.78, 5) is 0. The van der Waals surface area contributed by atoms with E-state index in [1.165, 1.54) is 16.8 Å². The zero-order valence-corrected chi connectivity index (χ0v) is 14.3. The lowest BCUT2D eigenvalue weighted by molar-refractivity contribution is 0.404. The minimum Gasteiger partial charge on any atom is -0.497 e. The Balaban J connectivity index is 1.86. The van der Waals surface area contributed by atoms with E-state index >= 15 is 0 Å².